The molecule has 0 saturated carbocycles. The average Bonchev–Trinajstić information content (AvgIpc) is 3.63. The van der Waals surface area contributed by atoms with Gasteiger partial charge in [0.05, 0.1) is 5.69 Å². The van der Waals surface area contributed by atoms with Gasteiger partial charge in [0, 0.05) is 30.1 Å². The number of carbonyl (C=O) groups excluding carboxylic acids is 1. The summed E-state index contributed by atoms with van der Waals surface area (Å²) in [5.41, 5.74) is 7.25. The molecule has 45 heavy (non-hydrogen) atoms. The lowest BCUT2D eigenvalue weighted by Gasteiger charge is -2.23. The molecule has 1 saturated heterocycles. The lowest BCUT2D eigenvalue weighted by atomic mass is 9.97. The number of aromatic nitrogens is 3. The van der Waals surface area contributed by atoms with Crippen molar-refractivity contribution in [2.24, 2.45) is 10.9 Å². The van der Waals surface area contributed by atoms with Gasteiger partial charge in [-0.3, -0.25) is 0 Å². The van der Waals surface area contributed by atoms with Crippen molar-refractivity contribution >= 4 is 28.6 Å². The number of anilines is 1. The number of benzene rings is 3. The largest absolute Gasteiger partial charge is 0.573 e. The molecule has 236 valence electrons. The second kappa shape index (κ2) is 13.8. The topological polar surface area (TPSA) is 84.6 Å². The predicted molar refractivity (Wildman–Crippen MR) is 172 cm³/mol. The summed E-state index contributed by atoms with van der Waals surface area (Å²) in [6.45, 7) is 9.80. The molecule has 1 aromatic heterocycles. The first-order chi connectivity index (χ1) is 21.4. The number of hydrogen-bond acceptors (Lipinski definition) is 5. The van der Waals surface area contributed by atoms with Crippen LogP contribution >= 0.6 is 11.8 Å². The van der Waals surface area contributed by atoms with Crippen LogP contribution in [0.15, 0.2) is 72.0 Å². The monoisotopic (exact) mass is 636 g/mol. The number of amidine groups is 1. The van der Waals surface area contributed by atoms with E-state index < -0.39 is 6.36 Å². The van der Waals surface area contributed by atoms with E-state index in [-0.39, 0.29) is 11.8 Å². The number of hydrogen-bond donors (Lipinski definition) is 1. The molecule has 1 atom stereocenters. The smallest absolute Gasteiger partial charge is 0.406 e. The predicted octanol–water partition coefficient (Wildman–Crippen LogP) is 7.65. The van der Waals surface area contributed by atoms with Crippen LogP contribution in [-0.4, -0.2) is 51.2 Å². The highest BCUT2D eigenvalue weighted by atomic mass is 32.2. The van der Waals surface area contributed by atoms with Crippen molar-refractivity contribution in [1.82, 2.24) is 20.1 Å². The number of aliphatic imine (C=N–C) groups is 1. The van der Waals surface area contributed by atoms with Gasteiger partial charge in [-0.25, -0.2) is 14.5 Å². The van der Waals surface area contributed by atoms with Crippen molar-refractivity contribution in [2.75, 3.05) is 23.7 Å². The zero-order chi connectivity index (χ0) is 32.1. The van der Waals surface area contributed by atoms with Gasteiger partial charge in [0.2, 0.25) is 0 Å². The number of carbonyl (C=O) groups is 1. The summed E-state index contributed by atoms with van der Waals surface area (Å²) in [4.78, 5) is 23.6. The number of ether oxygens (including phenoxy) is 1. The highest BCUT2D eigenvalue weighted by Crippen LogP contribution is 2.32. The van der Waals surface area contributed by atoms with Crippen LogP contribution in [0.4, 0.5) is 23.7 Å². The molecular formula is C33H35F3N6O2S. The fraction of sp³-hybridized carbons (Fsp3) is 0.333. The molecule has 8 nitrogen and oxygen atoms in total. The van der Waals surface area contributed by atoms with Crippen molar-refractivity contribution in [3.05, 3.63) is 89.2 Å². The number of amides is 2. The summed E-state index contributed by atoms with van der Waals surface area (Å²) in [5.74, 6) is 1.43. The highest BCUT2D eigenvalue weighted by molar-refractivity contribution is 8.14. The van der Waals surface area contributed by atoms with Gasteiger partial charge in [0.1, 0.15) is 12.1 Å². The van der Waals surface area contributed by atoms with Crippen LogP contribution in [0.3, 0.4) is 0 Å². The Morgan fingerprint density at radius 1 is 1.07 bits per heavy atom. The van der Waals surface area contributed by atoms with Gasteiger partial charge < -0.3 is 15.0 Å². The summed E-state index contributed by atoms with van der Waals surface area (Å²) in [6.07, 6.45) is -1.58. The third kappa shape index (κ3) is 8.44. The van der Waals surface area contributed by atoms with Crippen molar-refractivity contribution in [3.63, 3.8) is 0 Å². The first kappa shape index (κ1) is 32.1. The van der Waals surface area contributed by atoms with Gasteiger partial charge in [-0.05, 0) is 80.5 Å². The Hall–Kier alpha value is -4.32. The second-order valence-corrected chi connectivity index (χ2v) is 12.3. The Morgan fingerprint density at radius 3 is 2.42 bits per heavy atom. The number of nitrogens with zero attached hydrogens (tertiary/aromatic N) is 5. The van der Waals surface area contributed by atoms with Gasteiger partial charge in [0.25, 0.3) is 0 Å². The minimum atomic E-state index is -4.74. The summed E-state index contributed by atoms with van der Waals surface area (Å²) >= 11 is 1.60. The van der Waals surface area contributed by atoms with Crippen molar-refractivity contribution in [2.45, 2.75) is 46.9 Å². The van der Waals surface area contributed by atoms with Crippen molar-refractivity contribution in [3.8, 4) is 22.8 Å². The Kier molecular flexibility index (Phi) is 9.81. The van der Waals surface area contributed by atoms with Gasteiger partial charge in [-0.15, -0.1) is 18.3 Å². The van der Waals surface area contributed by atoms with Crippen molar-refractivity contribution < 1.29 is 22.7 Å². The first-order valence-corrected chi connectivity index (χ1v) is 15.7. The molecule has 1 aliphatic rings. The summed E-state index contributed by atoms with van der Waals surface area (Å²) in [6, 6.07) is 17.4. The Bertz CT molecular complexity index is 1650. The number of aryl methyl sites for hydroxylation is 3. The van der Waals surface area contributed by atoms with Crippen LogP contribution in [0, 0.1) is 26.7 Å². The van der Waals surface area contributed by atoms with E-state index in [0.717, 1.165) is 47.1 Å². The zero-order valence-electron chi connectivity index (χ0n) is 25.6. The number of alkyl halides is 3. The molecule has 1 fully saturated rings. The molecular weight excluding hydrogens is 601 g/mol. The SMILES string of the molecule is Cc1cc(C)c(N2CCSC2=NC(=O)NCCC(C)Cc2ccc(-c3ncn(-c4ccc(OC(F)(F)F)cc4)n3)cc2)c(C)c1. The van der Waals surface area contributed by atoms with Gasteiger partial charge in [-0.1, -0.05) is 60.6 Å². The molecule has 1 unspecified atom stereocenters. The number of halogens is 3. The molecule has 2 heterocycles. The van der Waals surface area contributed by atoms with E-state index in [9.17, 15) is 18.0 Å². The van der Waals surface area contributed by atoms with E-state index in [2.05, 4.69) is 69.9 Å². The average molecular weight is 637 g/mol. The number of rotatable bonds is 9. The van der Waals surface area contributed by atoms with Gasteiger partial charge in [0.15, 0.2) is 11.0 Å². The molecule has 2 amide bonds. The number of urea groups is 1. The summed E-state index contributed by atoms with van der Waals surface area (Å²) in [5, 5.41) is 8.15. The van der Waals surface area contributed by atoms with E-state index in [0.29, 0.717) is 24.0 Å². The van der Waals surface area contributed by atoms with Crippen LogP contribution in [0.25, 0.3) is 17.1 Å². The molecule has 1 N–H and O–H groups in total. The summed E-state index contributed by atoms with van der Waals surface area (Å²) in [7, 11) is 0. The normalized spacial score (nSPS) is 15.0. The van der Waals surface area contributed by atoms with Gasteiger partial charge >= 0.3 is 12.4 Å². The standard InChI is InChI=1S/C33H35F3N6O2S/c1-21(13-14-37-31(43)39-32-41(15-16-45-32)29-23(3)17-22(2)18-24(29)4)19-25-5-7-26(8-6-25)30-38-20-42(40-30)27-9-11-28(12-10-27)44-33(34,35)36/h5-12,17-18,20-21H,13-16,19H2,1-4H3,(H,37,43). The maximum absolute atomic E-state index is 12.7. The minimum absolute atomic E-state index is 0.300. The van der Waals surface area contributed by atoms with Crippen LogP contribution in [0.2, 0.25) is 0 Å². The fourth-order valence-electron chi connectivity index (χ4n) is 5.47. The number of nitrogens with one attached hydrogen (secondary N) is 1. The third-order valence-corrected chi connectivity index (χ3v) is 8.37. The molecule has 0 radical (unpaired) electrons. The fourth-order valence-corrected chi connectivity index (χ4v) is 6.41. The minimum Gasteiger partial charge on any atom is -0.406 e. The molecule has 0 aliphatic carbocycles. The third-order valence-electron chi connectivity index (χ3n) is 7.42. The maximum Gasteiger partial charge on any atom is 0.573 e. The van der Waals surface area contributed by atoms with E-state index in [1.54, 1.807) is 11.8 Å². The van der Waals surface area contributed by atoms with E-state index in [1.807, 2.05) is 24.3 Å². The Morgan fingerprint density at radius 2 is 1.76 bits per heavy atom. The van der Waals surface area contributed by atoms with Crippen LogP contribution in [0.1, 0.15) is 35.6 Å². The van der Waals surface area contributed by atoms with Crippen LogP contribution < -0.4 is 15.0 Å². The lowest BCUT2D eigenvalue weighted by Crippen LogP contribution is -2.29. The molecule has 0 bridgehead atoms. The van der Waals surface area contributed by atoms with E-state index in [4.69, 9.17) is 0 Å². The maximum atomic E-state index is 12.7. The van der Waals surface area contributed by atoms with Crippen LogP contribution in [0.5, 0.6) is 5.75 Å². The quantitative estimate of drug-likeness (QED) is 0.203. The molecule has 0 spiro atoms. The second-order valence-electron chi connectivity index (χ2n) is 11.2. The molecule has 1 aliphatic heterocycles. The molecule has 12 heteroatoms. The van der Waals surface area contributed by atoms with Crippen LogP contribution in [-0.2, 0) is 6.42 Å². The Labute approximate surface area is 264 Å². The van der Waals surface area contributed by atoms with E-state index >= 15 is 0 Å². The molecule has 3 aromatic carbocycles. The number of thioether (sulfide) groups is 1. The summed E-state index contributed by atoms with van der Waals surface area (Å²) < 4.78 is 42.7. The first-order valence-electron chi connectivity index (χ1n) is 14.7. The Balaban J connectivity index is 1.10. The molecule has 4 aromatic rings. The van der Waals surface area contributed by atoms with Gasteiger partial charge in [-0.2, -0.15) is 4.99 Å². The highest BCUT2D eigenvalue weighted by Gasteiger charge is 2.31. The zero-order valence-corrected chi connectivity index (χ0v) is 26.4. The molecule has 5 rings (SSSR count). The van der Waals surface area contributed by atoms with E-state index in [1.165, 1.54) is 52.0 Å². The van der Waals surface area contributed by atoms with Crippen molar-refractivity contribution in [1.29, 1.82) is 0 Å². The lowest BCUT2D eigenvalue weighted by molar-refractivity contribution is -0.274.